The monoisotopic (exact) mass is 265 g/mol. The Bertz CT molecular complexity index is 220. The van der Waals surface area contributed by atoms with Gasteiger partial charge in [0.1, 0.15) is 5.76 Å². The molecule has 11 heavy (non-hydrogen) atoms. The largest absolute Gasteiger partial charge is 0.454 e. The molecule has 0 bridgehead atoms. The van der Waals surface area contributed by atoms with Crippen LogP contribution in [0, 0.1) is 3.77 Å². The van der Waals surface area contributed by atoms with E-state index in [-0.39, 0.29) is 0 Å². The maximum absolute atomic E-state index is 5.36. The minimum atomic E-state index is 0.512. The molecule has 0 spiro atoms. The van der Waals surface area contributed by atoms with E-state index < -0.39 is 0 Å². The number of hydrogen-bond acceptors (Lipinski definition) is 2. The van der Waals surface area contributed by atoms with Gasteiger partial charge < -0.3 is 9.73 Å². The molecule has 0 aliphatic rings. The van der Waals surface area contributed by atoms with Crippen molar-refractivity contribution < 1.29 is 4.42 Å². The van der Waals surface area contributed by atoms with E-state index in [9.17, 15) is 0 Å². The van der Waals surface area contributed by atoms with Crippen molar-refractivity contribution in [2.75, 3.05) is 0 Å². The summed E-state index contributed by atoms with van der Waals surface area (Å²) >= 11 is 2.16. The number of halogens is 1. The Morgan fingerprint density at radius 1 is 1.55 bits per heavy atom. The van der Waals surface area contributed by atoms with Crippen LogP contribution >= 0.6 is 22.6 Å². The fraction of sp³-hybridized carbons (Fsp3) is 0.500. The van der Waals surface area contributed by atoms with E-state index in [4.69, 9.17) is 4.42 Å². The highest BCUT2D eigenvalue weighted by Crippen LogP contribution is 2.09. The van der Waals surface area contributed by atoms with Crippen LogP contribution in [0.1, 0.15) is 19.6 Å². The molecule has 3 heteroatoms. The standard InChI is InChI=1S/C8H12INO/c1-6(2)10-5-7-3-4-8(9)11-7/h3-4,6,10H,5H2,1-2H3. The van der Waals surface area contributed by atoms with Gasteiger partial charge in [-0.1, -0.05) is 13.8 Å². The summed E-state index contributed by atoms with van der Waals surface area (Å²) in [4.78, 5) is 0. The van der Waals surface area contributed by atoms with Crippen LogP contribution in [0.4, 0.5) is 0 Å². The third kappa shape index (κ3) is 3.25. The molecule has 0 fully saturated rings. The fourth-order valence-electron chi connectivity index (χ4n) is 0.751. The van der Waals surface area contributed by atoms with Gasteiger partial charge in [-0.15, -0.1) is 0 Å². The van der Waals surface area contributed by atoms with Gasteiger partial charge in [0.05, 0.1) is 6.54 Å². The Hall–Kier alpha value is -0.0300. The van der Waals surface area contributed by atoms with Gasteiger partial charge in [0.25, 0.3) is 0 Å². The first kappa shape index (κ1) is 9.06. The zero-order chi connectivity index (χ0) is 8.27. The van der Waals surface area contributed by atoms with Crippen molar-refractivity contribution in [3.63, 3.8) is 0 Å². The van der Waals surface area contributed by atoms with E-state index in [1.165, 1.54) is 0 Å². The van der Waals surface area contributed by atoms with E-state index >= 15 is 0 Å². The maximum Gasteiger partial charge on any atom is 0.164 e. The SMILES string of the molecule is CC(C)NCc1ccc(I)o1. The van der Waals surface area contributed by atoms with E-state index in [0.29, 0.717) is 6.04 Å². The van der Waals surface area contributed by atoms with Crippen molar-refractivity contribution in [3.05, 3.63) is 21.7 Å². The van der Waals surface area contributed by atoms with Crippen LogP contribution in [-0.4, -0.2) is 6.04 Å². The highest BCUT2D eigenvalue weighted by atomic mass is 127. The molecule has 0 unspecified atom stereocenters. The van der Waals surface area contributed by atoms with Crippen LogP contribution in [0.5, 0.6) is 0 Å². The van der Waals surface area contributed by atoms with Gasteiger partial charge in [-0.25, -0.2) is 0 Å². The second kappa shape index (κ2) is 4.11. The highest BCUT2D eigenvalue weighted by Gasteiger charge is 1.98. The Labute approximate surface area is 80.5 Å². The summed E-state index contributed by atoms with van der Waals surface area (Å²) < 4.78 is 6.31. The van der Waals surface area contributed by atoms with Gasteiger partial charge in [0.15, 0.2) is 3.77 Å². The third-order valence-electron chi connectivity index (χ3n) is 1.31. The molecule has 1 N–H and O–H groups in total. The Morgan fingerprint density at radius 2 is 2.27 bits per heavy atom. The van der Waals surface area contributed by atoms with Crippen LogP contribution in [0.2, 0.25) is 0 Å². The summed E-state index contributed by atoms with van der Waals surface area (Å²) in [7, 11) is 0. The average Bonchev–Trinajstić information content (AvgIpc) is 2.31. The smallest absolute Gasteiger partial charge is 0.164 e. The number of rotatable bonds is 3. The predicted molar refractivity (Wildman–Crippen MR) is 53.4 cm³/mol. The number of nitrogens with one attached hydrogen (secondary N) is 1. The summed E-state index contributed by atoms with van der Waals surface area (Å²) in [5.74, 6) is 1.00. The van der Waals surface area contributed by atoms with Gasteiger partial charge in [0, 0.05) is 6.04 Å². The highest BCUT2D eigenvalue weighted by molar-refractivity contribution is 14.1. The zero-order valence-corrected chi connectivity index (χ0v) is 8.88. The Balaban J connectivity index is 2.39. The minimum absolute atomic E-state index is 0.512. The van der Waals surface area contributed by atoms with E-state index in [2.05, 4.69) is 41.8 Å². The molecule has 0 atom stereocenters. The van der Waals surface area contributed by atoms with Gasteiger partial charge >= 0.3 is 0 Å². The van der Waals surface area contributed by atoms with Crippen molar-refractivity contribution in [1.29, 1.82) is 0 Å². The van der Waals surface area contributed by atoms with Gasteiger partial charge in [-0.2, -0.15) is 0 Å². The molecule has 1 aromatic heterocycles. The van der Waals surface area contributed by atoms with Crippen LogP contribution < -0.4 is 5.32 Å². The van der Waals surface area contributed by atoms with Gasteiger partial charge in [-0.05, 0) is 34.7 Å². The number of hydrogen-bond donors (Lipinski definition) is 1. The average molecular weight is 265 g/mol. The third-order valence-corrected chi connectivity index (χ3v) is 1.89. The van der Waals surface area contributed by atoms with E-state index in [1.807, 2.05) is 12.1 Å². The summed E-state index contributed by atoms with van der Waals surface area (Å²) in [5.41, 5.74) is 0. The molecule has 1 heterocycles. The van der Waals surface area contributed by atoms with Crippen molar-refractivity contribution in [1.82, 2.24) is 5.32 Å². The molecule has 0 amide bonds. The van der Waals surface area contributed by atoms with Crippen LogP contribution in [0.3, 0.4) is 0 Å². The first-order valence-electron chi connectivity index (χ1n) is 3.66. The Morgan fingerprint density at radius 3 is 2.73 bits per heavy atom. The molecule has 0 saturated carbocycles. The summed E-state index contributed by atoms with van der Waals surface area (Å²) in [6.45, 7) is 5.06. The predicted octanol–water partition coefficient (Wildman–Crippen LogP) is 2.38. The first-order valence-corrected chi connectivity index (χ1v) is 4.74. The molecule has 2 nitrogen and oxygen atoms in total. The zero-order valence-electron chi connectivity index (χ0n) is 6.73. The van der Waals surface area contributed by atoms with Crippen LogP contribution in [0.25, 0.3) is 0 Å². The Kier molecular flexibility index (Phi) is 3.39. The molecular weight excluding hydrogens is 253 g/mol. The van der Waals surface area contributed by atoms with Crippen molar-refractivity contribution >= 4 is 22.6 Å². The molecule has 0 aromatic carbocycles. The molecule has 0 saturated heterocycles. The maximum atomic E-state index is 5.36. The lowest BCUT2D eigenvalue weighted by atomic mass is 10.3. The van der Waals surface area contributed by atoms with Crippen molar-refractivity contribution in [3.8, 4) is 0 Å². The minimum Gasteiger partial charge on any atom is -0.454 e. The van der Waals surface area contributed by atoms with Crippen molar-refractivity contribution in [2.45, 2.75) is 26.4 Å². The second-order valence-corrected chi connectivity index (χ2v) is 3.80. The number of furan rings is 1. The first-order chi connectivity index (χ1) is 5.18. The van der Waals surface area contributed by atoms with E-state index in [0.717, 1.165) is 16.1 Å². The molecule has 1 aromatic rings. The molecule has 62 valence electrons. The van der Waals surface area contributed by atoms with Crippen molar-refractivity contribution in [2.24, 2.45) is 0 Å². The lowest BCUT2D eigenvalue weighted by Crippen LogP contribution is -2.21. The molecule has 0 aliphatic heterocycles. The van der Waals surface area contributed by atoms with E-state index in [1.54, 1.807) is 0 Å². The lowest BCUT2D eigenvalue weighted by molar-refractivity contribution is 0.448. The van der Waals surface area contributed by atoms with Crippen LogP contribution in [0.15, 0.2) is 16.5 Å². The molecular formula is C8H12INO. The fourth-order valence-corrected chi connectivity index (χ4v) is 1.21. The lowest BCUT2D eigenvalue weighted by Gasteiger charge is -2.04. The molecule has 0 radical (unpaired) electrons. The quantitative estimate of drug-likeness (QED) is 0.849. The summed E-state index contributed by atoms with van der Waals surface area (Å²) in [6, 6.07) is 4.48. The molecule has 0 aliphatic carbocycles. The topological polar surface area (TPSA) is 25.2 Å². The second-order valence-electron chi connectivity index (χ2n) is 2.74. The normalized spacial score (nSPS) is 10.9. The summed E-state index contributed by atoms with van der Waals surface area (Å²) in [5, 5.41) is 3.28. The van der Waals surface area contributed by atoms with Gasteiger partial charge in [-0.3, -0.25) is 0 Å². The molecule has 1 rings (SSSR count). The van der Waals surface area contributed by atoms with Crippen LogP contribution in [-0.2, 0) is 6.54 Å². The summed E-state index contributed by atoms with van der Waals surface area (Å²) in [6.07, 6.45) is 0. The van der Waals surface area contributed by atoms with Gasteiger partial charge in [0.2, 0.25) is 0 Å².